The molecule has 2 aromatic heterocycles. The zero-order valence-corrected chi connectivity index (χ0v) is 16.2. The van der Waals surface area contributed by atoms with Gasteiger partial charge in [-0.2, -0.15) is 5.10 Å². The van der Waals surface area contributed by atoms with Crippen LogP contribution in [0, 0.1) is 6.92 Å². The fourth-order valence-corrected chi connectivity index (χ4v) is 4.09. The van der Waals surface area contributed by atoms with Crippen LogP contribution in [-0.4, -0.2) is 45.3 Å². The molecule has 3 aromatic rings. The molecule has 1 saturated heterocycles. The monoisotopic (exact) mass is 390 g/mol. The van der Waals surface area contributed by atoms with Crippen LogP contribution < -0.4 is 0 Å². The third-order valence-electron chi connectivity index (χ3n) is 5.67. The second-order valence-corrected chi connectivity index (χ2v) is 7.48. The molecule has 0 spiro atoms. The number of pyridine rings is 1. The molecule has 7 nitrogen and oxygen atoms in total. The van der Waals surface area contributed by atoms with E-state index in [1.54, 1.807) is 12.4 Å². The van der Waals surface area contributed by atoms with Gasteiger partial charge in [0, 0.05) is 49.4 Å². The highest BCUT2D eigenvalue weighted by atomic mass is 16.5. The van der Waals surface area contributed by atoms with Gasteiger partial charge in [0.25, 0.3) is 0 Å². The molecule has 0 radical (unpaired) electrons. The SMILES string of the molecule is Cc1c([C@@H]2CN(Cc3cnn(-c4ccncc4)c3)CCO2)ccc2c1COC2=O. The number of esters is 1. The first-order valence-electron chi connectivity index (χ1n) is 9.76. The minimum absolute atomic E-state index is 0.0139. The Balaban J connectivity index is 1.31. The molecule has 148 valence electrons. The van der Waals surface area contributed by atoms with Gasteiger partial charge in [-0.3, -0.25) is 9.88 Å². The van der Waals surface area contributed by atoms with Crippen molar-refractivity contribution in [1.29, 1.82) is 0 Å². The van der Waals surface area contributed by atoms with E-state index in [-0.39, 0.29) is 12.1 Å². The van der Waals surface area contributed by atoms with Crippen molar-refractivity contribution in [3.05, 3.63) is 76.9 Å². The Hall–Kier alpha value is -3.03. The molecule has 4 heterocycles. The van der Waals surface area contributed by atoms with Crippen LogP contribution in [0.1, 0.15) is 38.7 Å². The van der Waals surface area contributed by atoms with E-state index >= 15 is 0 Å². The Labute approximate surface area is 168 Å². The average Bonchev–Trinajstić information content (AvgIpc) is 3.37. The predicted molar refractivity (Wildman–Crippen MR) is 106 cm³/mol. The lowest BCUT2D eigenvalue weighted by molar-refractivity contribution is -0.0332. The van der Waals surface area contributed by atoms with Gasteiger partial charge in [-0.05, 0) is 36.2 Å². The summed E-state index contributed by atoms with van der Waals surface area (Å²) in [5.74, 6) is -0.230. The van der Waals surface area contributed by atoms with Crippen molar-refractivity contribution in [2.75, 3.05) is 19.7 Å². The molecule has 0 saturated carbocycles. The van der Waals surface area contributed by atoms with Crippen molar-refractivity contribution in [3.8, 4) is 5.69 Å². The first kappa shape index (κ1) is 18.0. The molecule has 5 rings (SSSR count). The highest BCUT2D eigenvalue weighted by molar-refractivity contribution is 5.93. The lowest BCUT2D eigenvalue weighted by atomic mass is 9.94. The summed E-state index contributed by atoms with van der Waals surface area (Å²) in [5, 5.41) is 4.47. The summed E-state index contributed by atoms with van der Waals surface area (Å²) in [6.45, 7) is 5.58. The number of carbonyl (C=O) groups excluding carboxylic acids is 1. The van der Waals surface area contributed by atoms with E-state index in [4.69, 9.17) is 9.47 Å². The highest BCUT2D eigenvalue weighted by Crippen LogP contribution is 2.32. The molecule has 0 aliphatic carbocycles. The van der Waals surface area contributed by atoms with Gasteiger partial charge in [0.1, 0.15) is 6.61 Å². The molecule has 1 atom stereocenters. The van der Waals surface area contributed by atoms with E-state index in [9.17, 15) is 4.79 Å². The molecule has 29 heavy (non-hydrogen) atoms. The summed E-state index contributed by atoms with van der Waals surface area (Å²) < 4.78 is 13.1. The smallest absolute Gasteiger partial charge is 0.338 e. The van der Waals surface area contributed by atoms with Crippen molar-refractivity contribution >= 4 is 5.97 Å². The highest BCUT2D eigenvalue weighted by Gasteiger charge is 2.29. The van der Waals surface area contributed by atoms with E-state index in [0.29, 0.717) is 18.8 Å². The third-order valence-corrected chi connectivity index (χ3v) is 5.67. The van der Waals surface area contributed by atoms with Gasteiger partial charge in [-0.15, -0.1) is 0 Å². The summed E-state index contributed by atoms with van der Waals surface area (Å²) in [7, 11) is 0. The predicted octanol–water partition coefficient (Wildman–Crippen LogP) is 2.82. The number of aromatic nitrogens is 3. The van der Waals surface area contributed by atoms with Crippen LogP contribution in [0.5, 0.6) is 0 Å². The number of carbonyl (C=O) groups is 1. The average molecular weight is 390 g/mol. The zero-order valence-electron chi connectivity index (χ0n) is 16.2. The van der Waals surface area contributed by atoms with Crippen LogP contribution in [0.15, 0.2) is 49.1 Å². The van der Waals surface area contributed by atoms with E-state index < -0.39 is 0 Å². The maximum Gasteiger partial charge on any atom is 0.338 e. The van der Waals surface area contributed by atoms with Gasteiger partial charge in [0.15, 0.2) is 0 Å². The van der Waals surface area contributed by atoms with Crippen LogP contribution in [-0.2, 0) is 22.6 Å². The molecular formula is C22H22N4O3. The molecule has 2 aliphatic rings. The lowest BCUT2D eigenvalue weighted by Gasteiger charge is -2.33. The molecular weight excluding hydrogens is 368 g/mol. The van der Waals surface area contributed by atoms with Gasteiger partial charge in [-0.25, -0.2) is 9.48 Å². The van der Waals surface area contributed by atoms with E-state index in [2.05, 4.69) is 28.1 Å². The normalized spacial score (nSPS) is 19.2. The molecule has 0 N–H and O–H groups in total. The Kier molecular flexibility index (Phi) is 4.61. The Morgan fingerprint density at radius 3 is 2.93 bits per heavy atom. The fourth-order valence-electron chi connectivity index (χ4n) is 4.09. The number of nitrogens with zero attached hydrogens (tertiary/aromatic N) is 4. The number of morpholine rings is 1. The van der Waals surface area contributed by atoms with Crippen molar-refractivity contribution < 1.29 is 14.3 Å². The number of rotatable bonds is 4. The number of fused-ring (bicyclic) bond motifs is 1. The lowest BCUT2D eigenvalue weighted by Crippen LogP contribution is -2.38. The topological polar surface area (TPSA) is 69.5 Å². The molecule has 1 fully saturated rings. The number of hydrogen-bond donors (Lipinski definition) is 0. The van der Waals surface area contributed by atoms with Crippen molar-refractivity contribution in [3.63, 3.8) is 0 Å². The third kappa shape index (κ3) is 3.43. The number of benzene rings is 1. The zero-order chi connectivity index (χ0) is 19.8. The second-order valence-electron chi connectivity index (χ2n) is 7.48. The van der Waals surface area contributed by atoms with Crippen LogP contribution in [0.3, 0.4) is 0 Å². The fraction of sp³-hybridized carbons (Fsp3) is 0.318. The Bertz CT molecular complexity index is 1050. The van der Waals surface area contributed by atoms with Crippen molar-refractivity contribution in [2.24, 2.45) is 0 Å². The van der Waals surface area contributed by atoms with Crippen LogP contribution in [0.2, 0.25) is 0 Å². The van der Waals surface area contributed by atoms with Gasteiger partial charge >= 0.3 is 5.97 Å². The molecule has 0 amide bonds. The molecule has 2 aliphatic heterocycles. The summed E-state index contributed by atoms with van der Waals surface area (Å²) in [6.07, 6.45) is 7.49. The van der Waals surface area contributed by atoms with Crippen LogP contribution in [0.4, 0.5) is 0 Å². The Morgan fingerprint density at radius 1 is 1.21 bits per heavy atom. The molecule has 0 unspecified atom stereocenters. The quantitative estimate of drug-likeness (QED) is 0.638. The standard InChI is InChI=1S/C22H22N4O3/c1-15-18(2-3-19-20(15)14-29-22(19)27)21-13-25(8-9-28-21)11-16-10-24-26(12-16)17-4-6-23-7-5-17/h2-7,10,12,21H,8-9,11,13-14H2,1H3/t21-/m0/s1. The first-order chi connectivity index (χ1) is 14.2. The van der Waals surface area contributed by atoms with E-state index in [0.717, 1.165) is 47.6 Å². The largest absolute Gasteiger partial charge is 0.457 e. The molecule has 7 heteroatoms. The van der Waals surface area contributed by atoms with E-state index in [1.165, 1.54) is 0 Å². The number of hydrogen-bond acceptors (Lipinski definition) is 6. The number of ether oxygens (including phenoxy) is 2. The minimum atomic E-state index is -0.230. The maximum atomic E-state index is 11.8. The van der Waals surface area contributed by atoms with E-state index in [1.807, 2.05) is 35.1 Å². The van der Waals surface area contributed by atoms with Crippen molar-refractivity contribution in [1.82, 2.24) is 19.7 Å². The number of cyclic esters (lactones) is 1. The molecule has 1 aromatic carbocycles. The maximum absolute atomic E-state index is 11.8. The Morgan fingerprint density at radius 2 is 2.07 bits per heavy atom. The first-order valence-corrected chi connectivity index (χ1v) is 9.76. The van der Waals surface area contributed by atoms with Gasteiger partial charge in [0.2, 0.25) is 0 Å². The van der Waals surface area contributed by atoms with Crippen LogP contribution in [0.25, 0.3) is 5.69 Å². The van der Waals surface area contributed by atoms with Crippen LogP contribution >= 0.6 is 0 Å². The summed E-state index contributed by atoms with van der Waals surface area (Å²) >= 11 is 0. The van der Waals surface area contributed by atoms with Gasteiger partial charge in [-0.1, -0.05) is 6.07 Å². The summed E-state index contributed by atoms with van der Waals surface area (Å²) in [4.78, 5) is 18.2. The summed E-state index contributed by atoms with van der Waals surface area (Å²) in [6, 6.07) is 7.75. The van der Waals surface area contributed by atoms with Gasteiger partial charge < -0.3 is 9.47 Å². The van der Waals surface area contributed by atoms with Gasteiger partial charge in [0.05, 0.1) is 30.2 Å². The van der Waals surface area contributed by atoms with Crippen molar-refractivity contribution in [2.45, 2.75) is 26.2 Å². The summed E-state index contributed by atoms with van der Waals surface area (Å²) in [5.41, 5.74) is 6.07. The second kappa shape index (κ2) is 7.42. The molecule has 0 bridgehead atoms. The minimum Gasteiger partial charge on any atom is -0.457 e.